The van der Waals surface area contributed by atoms with Crippen LogP contribution < -0.4 is 0 Å². The van der Waals surface area contributed by atoms with E-state index in [1.807, 2.05) is 0 Å². The Morgan fingerprint density at radius 2 is 2.06 bits per heavy atom. The van der Waals surface area contributed by atoms with Crippen LogP contribution in [-0.4, -0.2) is 26.0 Å². The van der Waals surface area contributed by atoms with E-state index in [-0.39, 0.29) is 17.0 Å². The van der Waals surface area contributed by atoms with E-state index in [1.54, 1.807) is 0 Å². The number of carbonyl (C=O) groups is 1. The molecule has 0 saturated carbocycles. The van der Waals surface area contributed by atoms with Crippen LogP contribution >= 0.6 is 0 Å². The SMILES string of the molecule is Cn1nc(C(=O)O)cc1-c1ccc(F)c(F)c1O. The number of carboxylic acid groups (broad SMARTS) is 1. The zero-order valence-corrected chi connectivity index (χ0v) is 9.19. The number of aromatic hydroxyl groups is 1. The minimum atomic E-state index is -1.38. The molecule has 18 heavy (non-hydrogen) atoms. The first kappa shape index (κ1) is 12.0. The van der Waals surface area contributed by atoms with Gasteiger partial charge in [0.25, 0.3) is 0 Å². The Labute approximate surface area is 99.9 Å². The molecule has 0 spiro atoms. The molecule has 0 unspecified atom stereocenters. The molecule has 0 saturated heterocycles. The minimum Gasteiger partial charge on any atom is -0.504 e. The Hall–Kier alpha value is -2.44. The maximum atomic E-state index is 13.2. The van der Waals surface area contributed by atoms with Crippen molar-refractivity contribution < 1.29 is 23.8 Å². The van der Waals surface area contributed by atoms with Crippen LogP contribution in [0.3, 0.4) is 0 Å². The lowest BCUT2D eigenvalue weighted by atomic mass is 10.1. The number of hydrogen-bond donors (Lipinski definition) is 2. The van der Waals surface area contributed by atoms with Gasteiger partial charge in [-0.15, -0.1) is 0 Å². The Kier molecular flexibility index (Phi) is 2.74. The van der Waals surface area contributed by atoms with E-state index in [4.69, 9.17) is 5.11 Å². The van der Waals surface area contributed by atoms with Crippen molar-refractivity contribution in [3.63, 3.8) is 0 Å². The van der Waals surface area contributed by atoms with Gasteiger partial charge in [0, 0.05) is 12.6 Å². The fraction of sp³-hybridized carbons (Fsp3) is 0.0909. The largest absolute Gasteiger partial charge is 0.504 e. The van der Waals surface area contributed by atoms with Crippen molar-refractivity contribution in [1.82, 2.24) is 9.78 Å². The number of aromatic carboxylic acids is 1. The normalized spacial score (nSPS) is 10.6. The summed E-state index contributed by atoms with van der Waals surface area (Å²) in [6, 6.07) is 3.16. The van der Waals surface area contributed by atoms with E-state index in [1.165, 1.54) is 7.05 Å². The van der Waals surface area contributed by atoms with Gasteiger partial charge in [-0.05, 0) is 18.2 Å². The molecule has 2 N–H and O–H groups in total. The lowest BCUT2D eigenvalue weighted by molar-refractivity contribution is 0.0689. The topological polar surface area (TPSA) is 75.4 Å². The molecule has 7 heteroatoms. The van der Waals surface area contributed by atoms with E-state index < -0.39 is 23.4 Å². The van der Waals surface area contributed by atoms with Crippen LogP contribution in [0.1, 0.15) is 10.5 Å². The van der Waals surface area contributed by atoms with Crippen LogP contribution in [0.5, 0.6) is 5.75 Å². The highest BCUT2D eigenvalue weighted by atomic mass is 19.2. The fourth-order valence-electron chi connectivity index (χ4n) is 1.57. The average molecular weight is 254 g/mol. The number of aromatic nitrogens is 2. The van der Waals surface area contributed by atoms with Gasteiger partial charge >= 0.3 is 5.97 Å². The molecular weight excluding hydrogens is 246 g/mol. The summed E-state index contributed by atoms with van der Waals surface area (Å²) in [4.78, 5) is 10.7. The third-order valence-corrected chi connectivity index (χ3v) is 2.44. The first-order valence-corrected chi connectivity index (χ1v) is 4.86. The number of benzene rings is 1. The second-order valence-corrected chi connectivity index (χ2v) is 3.60. The van der Waals surface area contributed by atoms with Gasteiger partial charge in [-0.1, -0.05) is 0 Å². The van der Waals surface area contributed by atoms with Crippen molar-refractivity contribution in [2.75, 3.05) is 0 Å². The Morgan fingerprint density at radius 3 is 2.61 bits per heavy atom. The molecule has 1 aromatic heterocycles. The van der Waals surface area contributed by atoms with Gasteiger partial charge in [0.1, 0.15) is 0 Å². The lowest BCUT2D eigenvalue weighted by Gasteiger charge is -2.05. The van der Waals surface area contributed by atoms with E-state index in [9.17, 15) is 18.7 Å². The summed E-state index contributed by atoms with van der Waals surface area (Å²) in [5.74, 6) is -4.70. The summed E-state index contributed by atoms with van der Waals surface area (Å²) < 4.78 is 27.2. The van der Waals surface area contributed by atoms with Crippen LogP contribution in [-0.2, 0) is 7.05 Å². The number of phenols is 1. The molecule has 2 rings (SSSR count). The molecule has 0 aliphatic heterocycles. The van der Waals surface area contributed by atoms with Gasteiger partial charge in [-0.25, -0.2) is 9.18 Å². The van der Waals surface area contributed by atoms with Crippen LogP contribution in [0.25, 0.3) is 11.3 Å². The van der Waals surface area contributed by atoms with Crippen molar-refractivity contribution in [3.05, 3.63) is 35.5 Å². The molecule has 1 heterocycles. The Balaban J connectivity index is 2.62. The first-order valence-electron chi connectivity index (χ1n) is 4.86. The average Bonchev–Trinajstić information content (AvgIpc) is 2.69. The van der Waals surface area contributed by atoms with Crippen LogP contribution in [0.15, 0.2) is 18.2 Å². The van der Waals surface area contributed by atoms with E-state index >= 15 is 0 Å². The van der Waals surface area contributed by atoms with Crippen molar-refractivity contribution in [2.45, 2.75) is 0 Å². The molecule has 2 aromatic rings. The second kappa shape index (κ2) is 4.10. The zero-order chi connectivity index (χ0) is 13.4. The molecule has 0 amide bonds. The summed E-state index contributed by atoms with van der Waals surface area (Å²) in [5, 5.41) is 21.9. The minimum absolute atomic E-state index is 0.0311. The van der Waals surface area contributed by atoms with E-state index in [0.29, 0.717) is 0 Å². The number of hydrogen-bond acceptors (Lipinski definition) is 3. The number of rotatable bonds is 2. The third kappa shape index (κ3) is 1.79. The van der Waals surface area contributed by atoms with Crippen LogP contribution in [0, 0.1) is 11.6 Å². The standard InChI is InChI=1S/C11H8F2N2O3/c1-15-8(4-7(14-15)11(17)18)5-2-3-6(12)9(13)10(5)16/h2-4,16H,1H3,(H,17,18). The van der Waals surface area contributed by atoms with E-state index in [0.717, 1.165) is 22.9 Å². The quantitative estimate of drug-likeness (QED) is 0.856. The number of aryl methyl sites for hydroxylation is 1. The smallest absolute Gasteiger partial charge is 0.356 e. The Morgan fingerprint density at radius 1 is 1.39 bits per heavy atom. The van der Waals surface area contributed by atoms with Gasteiger partial charge in [0.05, 0.1) is 5.69 Å². The van der Waals surface area contributed by atoms with Gasteiger partial charge in [0.2, 0.25) is 5.82 Å². The number of halogens is 2. The summed E-state index contributed by atoms with van der Waals surface area (Å²) >= 11 is 0. The molecule has 0 bridgehead atoms. The molecule has 0 atom stereocenters. The van der Waals surface area contributed by atoms with E-state index in [2.05, 4.69) is 5.10 Å². The molecule has 0 aliphatic carbocycles. The van der Waals surface area contributed by atoms with Crippen LogP contribution in [0.4, 0.5) is 8.78 Å². The van der Waals surface area contributed by atoms with Crippen molar-refractivity contribution >= 4 is 5.97 Å². The molecule has 0 aliphatic rings. The number of phenolic OH excluding ortho intramolecular Hbond substituents is 1. The van der Waals surface area contributed by atoms with Crippen LogP contribution in [0.2, 0.25) is 0 Å². The highest BCUT2D eigenvalue weighted by Gasteiger charge is 2.19. The molecule has 5 nitrogen and oxygen atoms in total. The van der Waals surface area contributed by atoms with Crippen molar-refractivity contribution in [1.29, 1.82) is 0 Å². The molecular formula is C11H8F2N2O3. The fourth-order valence-corrected chi connectivity index (χ4v) is 1.57. The summed E-state index contributed by atoms with van der Waals surface area (Å²) in [5.41, 5.74) is -0.114. The monoisotopic (exact) mass is 254 g/mol. The van der Waals surface area contributed by atoms with Crippen molar-refractivity contribution in [2.24, 2.45) is 7.05 Å². The number of nitrogens with zero attached hydrogens (tertiary/aromatic N) is 2. The second-order valence-electron chi connectivity index (χ2n) is 3.60. The maximum Gasteiger partial charge on any atom is 0.356 e. The first-order chi connectivity index (χ1) is 8.41. The Bertz CT molecular complexity index is 637. The third-order valence-electron chi connectivity index (χ3n) is 2.44. The molecule has 94 valence electrons. The van der Waals surface area contributed by atoms with Gasteiger partial charge in [-0.2, -0.15) is 9.49 Å². The summed E-state index contributed by atoms with van der Waals surface area (Å²) in [7, 11) is 1.43. The predicted molar refractivity (Wildman–Crippen MR) is 57.2 cm³/mol. The maximum absolute atomic E-state index is 13.2. The van der Waals surface area contributed by atoms with Gasteiger partial charge in [-0.3, -0.25) is 4.68 Å². The molecule has 0 radical (unpaired) electrons. The van der Waals surface area contributed by atoms with Gasteiger partial charge in [0.15, 0.2) is 17.3 Å². The lowest BCUT2D eigenvalue weighted by Crippen LogP contribution is -1.99. The summed E-state index contributed by atoms with van der Waals surface area (Å²) in [6.07, 6.45) is 0. The molecule has 0 fully saturated rings. The molecule has 1 aromatic carbocycles. The van der Waals surface area contributed by atoms with Crippen molar-refractivity contribution in [3.8, 4) is 17.0 Å². The van der Waals surface area contributed by atoms with Gasteiger partial charge < -0.3 is 10.2 Å². The predicted octanol–water partition coefficient (Wildman–Crippen LogP) is 1.77. The number of carboxylic acids is 1. The highest BCUT2D eigenvalue weighted by molar-refractivity contribution is 5.87. The zero-order valence-electron chi connectivity index (χ0n) is 9.19. The highest BCUT2D eigenvalue weighted by Crippen LogP contribution is 2.32. The summed E-state index contributed by atoms with van der Waals surface area (Å²) in [6.45, 7) is 0.